The normalized spacial score (nSPS) is 12.6. The molecule has 2 aromatic rings. The average molecular weight is 287 g/mol. The lowest BCUT2D eigenvalue weighted by molar-refractivity contribution is 0.413. The standard InChI is InChI=1S/C17H25N3O/c1-4-15(5-2)20-10-9-14(19-20)12-17(18)13-7-6-8-16(11-13)21-3/h6-11,15,17H,4-5,12,18H2,1-3H3. The van der Waals surface area contributed by atoms with Gasteiger partial charge in [-0.15, -0.1) is 0 Å². The van der Waals surface area contributed by atoms with E-state index in [0.29, 0.717) is 6.04 Å². The van der Waals surface area contributed by atoms with Crippen LogP contribution in [0.15, 0.2) is 36.5 Å². The van der Waals surface area contributed by atoms with Crippen molar-refractivity contribution in [3.63, 3.8) is 0 Å². The maximum Gasteiger partial charge on any atom is 0.119 e. The minimum absolute atomic E-state index is 0.0647. The van der Waals surface area contributed by atoms with Crippen molar-refractivity contribution in [3.8, 4) is 5.75 Å². The van der Waals surface area contributed by atoms with Gasteiger partial charge in [0, 0.05) is 18.7 Å². The van der Waals surface area contributed by atoms with Gasteiger partial charge in [-0.05, 0) is 36.6 Å². The van der Waals surface area contributed by atoms with Crippen LogP contribution in [0.4, 0.5) is 0 Å². The Kier molecular flexibility index (Phi) is 5.39. The minimum atomic E-state index is -0.0647. The van der Waals surface area contributed by atoms with E-state index in [1.807, 2.05) is 24.3 Å². The molecule has 2 N–H and O–H groups in total. The summed E-state index contributed by atoms with van der Waals surface area (Å²) in [5.74, 6) is 0.838. The van der Waals surface area contributed by atoms with Crippen molar-refractivity contribution < 1.29 is 4.74 Å². The lowest BCUT2D eigenvalue weighted by atomic mass is 10.0. The number of aromatic nitrogens is 2. The maximum absolute atomic E-state index is 6.30. The van der Waals surface area contributed by atoms with E-state index in [2.05, 4.69) is 35.9 Å². The van der Waals surface area contributed by atoms with Gasteiger partial charge in [0.2, 0.25) is 0 Å². The smallest absolute Gasteiger partial charge is 0.119 e. The molecule has 4 nitrogen and oxygen atoms in total. The number of benzene rings is 1. The molecule has 0 saturated heterocycles. The fourth-order valence-corrected chi connectivity index (χ4v) is 2.57. The maximum atomic E-state index is 6.30. The molecule has 1 atom stereocenters. The lowest BCUT2D eigenvalue weighted by Crippen LogP contribution is -2.14. The first-order valence-corrected chi connectivity index (χ1v) is 7.61. The van der Waals surface area contributed by atoms with Crippen LogP contribution < -0.4 is 10.5 Å². The first-order valence-electron chi connectivity index (χ1n) is 7.61. The molecule has 4 heteroatoms. The average Bonchev–Trinajstić information content (AvgIpc) is 2.97. The Labute approximate surface area is 126 Å². The molecule has 1 aromatic carbocycles. The highest BCUT2D eigenvalue weighted by Gasteiger charge is 2.12. The van der Waals surface area contributed by atoms with Crippen molar-refractivity contribution in [2.45, 2.75) is 45.2 Å². The van der Waals surface area contributed by atoms with Crippen LogP contribution in [0.25, 0.3) is 0 Å². The van der Waals surface area contributed by atoms with Crippen molar-refractivity contribution >= 4 is 0 Å². The summed E-state index contributed by atoms with van der Waals surface area (Å²) < 4.78 is 7.31. The fourth-order valence-electron chi connectivity index (χ4n) is 2.57. The Morgan fingerprint density at radius 2 is 2.00 bits per heavy atom. The van der Waals surface area contributed by atoms with Gasteiger partial charge in [-0.1, -0.05) is 26.0 Å². The van der Waals surface area contributed by atoms with Gasteiger partial charge in [-0.25, -0.2) is 0 Å². The molecule has 0 fully saturated rings. The van der Waals surface area contributed by atoms with Gasteiger partial charge < -0.3 is 10.5 Å². The molecule has 21 heavy (non-hydrogen) atoms. The zero-order valence-electron chi connectivity index (χ0n) is 13.1. The van der Waals surface area contributed by atoms with Crippen LogP contribution in [-0.4, -0.2) is 16.9 Å². The van der Waals surface area contributed by atoms with E-state index in [0.717, 1.165) is 36.3 Å². The highest BCUT2D eigenvalue weighted by Crippen LogP contribution is 2.21. The SMILES string of the molecule is CCC(CC)n1ccc(CC(N)c2cccc(OC)c2)n1. The topological polar surface area (TPSA) is 53.1 Å². The Hall–Kier alpha value is -1.81. The summed E-state index contributed by atoms with van der Waals surface area (Å²) >= 11 is 0. The molecule has 0 spiro atoms. The second kappa shape index (κ2) is 7.27. The molecule has 0 amide bonds. The number of methoxy groups -OCH3 is 1. The van der Waals surface area contributed by atoms with Crippen molar-refractivity contribution in [3.05, 3.63) is 47.8 Å². The van der Waals surface area contributed by atoms with Crippen LogP contribution in [0.2, 0.25) is 0 Å². The van der Waals surface area contributed by atoms with Gasteiger partial charge in [-0.3, -0.25) is 4.68 Å². The van der Waals surface area contributed by atoms with Gasteiger partial charge in [0.15, 0.2) is 0 Å². The van der Waals surface area contributed by atoms with Crippen molar-refractivity contribution in [1.29, 1.82) is 0 Å². The van der Waals surface area contributed by atoms with Gasteiger partial charge in [0.05, 0.1) is 18.8 Å². The zero-order chi connectivity index (χ0) is 15.2. The Balaban J connectivity index is 2.07. The third kappa shape index (κ3) is 3.85. The predicted molar refractivity (Wildman–Crippen MR) is 85.5 cm³/mol. The molecule has 1 aromatic heterocycles. The number of hydrogen-bond acceptors (Lipinski definition) is 3. The highest BCUT2D eigenvalue weighted by molar-refractivity contribution is 5.31. The second-order valence-corrected chi connectivity index (χ2v) is 5.34. The molecule has 0 aliphatic rings. The fraction of sp³-hybridized carbons (Fsp3) is 0.471. The summed E-state index contributed by atoms with van der Waals surface area (Å²) in [6.45, 7) is 4.38. The molecule has 0 saturated carbocycles. The van der Waals surface area contributed by atoms with E-state index in [1.54, 1.807) is 7.11 Å². The molecule has 114 valence electrons. The molecule has 0 aliphatic heterocycles. The van der Waals surface area contributed by atoms with Crippen molar-refractivity contribution in [1.82, 2.24) is 9.78 Å². The highest BCUT2D eigenvalue weighted by atomic mass is 16.5. The summed E-state index contributed by atoms with van der Waals surface area (Å²) in [5, 5.41) is 4.67. The molecular weight excluding hydrogens is 262 g/mol. The van der Waals surface area contributed by atoms with Gasteiger partial charge in [-0.2, -0.15) is 5.10 Å². The summed E-state index contributed by atoms with van der Waals surface area (Å²) in [6.07, 6.45) is 4.99. The van der Waals surface area contributed by atoms with Crippen LogP contribution in [0.1, 0.15) is 50.0 Å². The first-order chi connectivity index (χ1) is 10.2. The van der Waals surface area contributed by atoms with E-state index in [9.17, 15) is 0 Å². The van der Waals surface area contributed by atoms with Crippen molar-refractivity contribution in [2.75, 3.05) is 7.11 Å². The molecular formula is C17H25N3O. The van der Waals surface area contributed by atoms with Crippen LogP contribution >= 0.6 is 0 Å². The Morgan fingerprint density at radius 3 is 2.67 bits per heavy atom. The van der Waals surface area contributed by atoms with Crippen molar-refractivity contribution in [2.24, 2.45) is 5.73 Å². The number of rotatable bonds is 7. The van der Waals surface area contributed by atoms with Crippen LogP contribution in [0.5, 0.6) is 5.75 Å². The number of nitrogens with zero attached hydrogens (tertiary/aromatic N) is 2. The van der Waals surface area contributed by atoms with E-state index >= 15 is 0 Å². The second-order valence-electron chi connectivity index (χ2n) is 5.34. The largest absolute Gasteiger partial charge is 0.497 e. The van der Waals surface area contributed by atoms with Gasteiger partial charge in [0.1, 0.15) is 5.75 Å². The quantitative estimate of drug-likeness (QED) is 0.848. The summed E-state index contributed by atoms with van der Waals surface area (Å²) in [7, 11) is 1.67. The summed E-state index contributed by atoms with van der Waals surface area (Å²) in [6, 6.07) is 10.4. The first kappa shape index (κ1) is 15.6. The van der Waals surface area contributed by atoms with E-state index in [1.165, 1.54) is 0 Å². The summed E-state index contributed by atoms with van der Waals surface area (Å²) in [4.78, 5) is 0. The van der Waals surface area contributed by atoms with E-state index in [4.69, 9.17) is 10.5 Å². The molecule has 1 heterocycles. The molecule has 0 aliphatic carbocycles. The molecule has 0 bridgehead atoms. The zero-order valence-corrected chi connectivity index (χ0v) is 13.1. The molecule has 0 radical (unpaired) electrons. The van der Waals surface area contributed by atoms with E-state index < -0.39 is 0 Å². The monoisotopic (exact) mass is 287 g/mol. The van der Waals surface area contributed by atoms with Crippen LogP contribution in [0.3, 0.4) is 0 Å². The Bertz CT molecular complexity index is 561. The summed E-state index contributed by atoms with van der Waals surface area (Å²) in [5.41, 5.74) is 8.41. The number of nitrogens with two attached hydrogens (primary N) is 1. The number of ether oxygens (including phenoxy) is 1. The lowest BCUT2D eigenvalue weighted by Gasteiger charge is -2.14. The van der Waals surface area contributed by atoms with Crippen LogP contribution in [-0.2, 0) is 6.42 Å². The Morgan fingerprint density at radius 1 is 1.24 bits per heavy atom. The van der Waals surface area contributed by atoms with Crippen LogP contribution in [0, 0.1) is 0 Å². The molecule has 1 unspecified atom stereocenters. The number of hydrogen-bond donors (Lipinski definition) is 1. The van der Waals surface area contributed by atoms with Gasteiger partial charge in [0.25, 0.3) is 0 Å². The third-order valence-corrected chi connectivity index (χ3v) is 3.93. The predicted octanol–water partition coefficient (Wildman–Crippen LogP) is 3.50. The molecule has 2 rings (SSSR count). The third-order valence-electron chi connectivity index (χ3n) is 3.93. The van der Waals surface area contributed by atoms with E-state index in [-0.39, 0.29) is 6.04 Å². The van der Waals surface area contributed by atoms with Gasteiger partial charge >= 0.3 is 0 Å². The minimum Gasteiger partial charge on any atom is -0.497 e.